The van der Waals surface area contributed by atoms with Crippen LogP contribution in [0.4, 0.5) is 0 Å². The number of carbonyl (C=O) groups is 3. The van der Waals surface area contributed by atoms with Crippen molar-refractivity contribution in [2.45, 2.75) is 26.7 Å². The van der Waals surface area contributed by atoms with E-state index >= 15 is 0 Å². The van der Waals surface area contributed by atoms with Gasteiger partial charge in [-0.3, -0.25) is 14.4 Å². The van der Waals surface area contributed by atoms with E-state index in [1.165, 1.54) is 14.2 Å². The second-order valence-corrected chi connectivity index (χ2v) is 7.75. The molecule has 0 saturated carbocycles. The van der Waals surface area contributed by atoms with E-state index in [1.54, 1.807) is 62.4 Å². The van der Waals surface area contributed by atoms with Gasteiger partial charge in [0.1, 0.15) is 0 Å². The third-order valence-electron chi connectivity index (χ3n) is 5.30. The molecule has 3 rings (SSSR count). The van der Waals surface area contributed by atoms with Gasteiger partial charge in [0.15, 0.2) is 28.8 Å². The number of hydrogen-bond donors (Lipinski definition) is 1. The fourth-order valence-electron chi connectivity index (χ4n) is 3.44. The minimum atomic E-state index is -0.357. The molecular formula is C27H29NO7. The summed E-state index contributed by atoms with van der Waals surface area (Å²) in [5.41, 5.74) is 2.66. The van der Waals surface area contributed by atoms with Crippen LogP contribution in [0.25, 0.3) is 12.2 Å². The molecule has 1 heterocycles. The Kier molecular flexibility index (Phi) is 8.80. The highest BCUT2D eigenvalue weighted by molar-refractivity contribution is 6.14. The van der Waals surface area contributed by atoms with Crippen molar-refractivity contribution in [1.29, 1.82) is 0 Å². The van der Waals surface area contributed by atoms with Crippen molar-refractivity contribution in [1.82, 2.24) is 5.32 Å². The van der Waals surface area contributed by atoms with Crippen LogP contribution in [0.3, 0.4) is 0 Å². The van der Waals surface area contributed by atoms with Gasteiger partial charge in [-0.1, -0.05) is 26.0 Å². The molecule has 0 bridgehead atoms. The highest BCUT2D eigenvalue weighted by Gasteiger charge is 2.21. The number of ether oxygens (including phenoxy) is 4. The number of piperidine rings is 1. The first-order valence-electron chi connectivity index (χ1n) is 11.3. The molecule has 1 fully saturated rings. The summed E-state index contributed by atoms with van der Waals surface area (Å²) in [6.45, 7) is 4.26. The fraction of sp³-hybridized carbons (Fsp3) is 0.296. The molecular weight excluding hydrogens is 450 g/mol. The third-order valence-corrected chi connectivity index (χ3v) is 5.30. The van der Waals surface area contributed by atoms with Crippen LogP contribution in [0, 0.1) is 0 Å². The highest BCUT2D eigenvalue weighted by Crippen LogP contribution is 2.31. The average Bonchev–Trinajstić information content (AvgIpc) is 2.87. The Morgan fingerprint density at radius 1 is 0.771 bits per heavy atom. The van der Waals surface area contributed by atoms with Crippen LogP contribution in [0.2, 0.25) is 0 Å². The van der Waals surface area contributed by atoms with E-state index in [0.717, 1.165) is 11.1 Å². The molecule has 2 aromatic rings. The summed E-state index contributed by atoms with van der Waals surface area (Å²) >= 11 is 0. The lowest BCUT2D eigenvalue weighted by atomic mass is 9.95. The zero-order valence-corrected chi connectivity index (χ0v) is 20.3. The lowest BCUT2D eigenvalue weighted by Crippen LogP contribution is -2.32. The third kappa shape index (κ3) is 6.58. The Labute approximate surface area is 204 Å². The molecule has 1 aliphatic rings. The van der Waals surface area contributed by atoms with Crippen LogP contribution in [0.1, 0.15) is 37.8 Å². The number of methoxy groups -OCH3 is 2. The maximum Gasteiger partial charge on any atom is 0.311 e. The van der Waals surface area contributed by atoms with Gasteiger partial charge in [0, 0.05) is 37.1 Å². The van der Waals surface area contributed by atoms with E-state index in [1.807, 2.05) is 0 Å². The predicted molar refractivity (Wildman–Crippen MR) is 132 cm³/mol. The SMILES string of the molecule is CCC(=O)Oc1ccc(/C=C2\CNC/C(=C\c3ccc(OC(=O)CC)c(OC)c3)C2=O)cc1OC. The molecule has 1 N–H and O–H groups in total. The van der Waals surface area contributed by atoms with Crippen molar-refractivity contribution < 1.29 is 33.3 Å². The van der Waals surface area contributed by atoms with Crippen LogP contribution in [-0.4, -0.2) is 45.0 Å². The summed E-state index contributed by atoms with van der Waals surface area (Å²) in [7, 11) is 2.99. The van der Waals surface area contributed by atoms with Crippen LogP contribution in [0.5, 0.6) is 23.0 Å². The molecule has 1 aliphatic heterocycles. The minimum absolute atomic E-state index is 0.0790. The first-order valence-corrected chi connectivity index (χ1v) is 11.3. The quantitative estimate of drug-likeness (QED) is 0.345. The highest BCUT2D eigenvalue weighted by atomic mass is 16.6. The van der Waals surface area contributed by atoms with Crippen LogP contribution in [-0.2, 0) is 14.4 Å². The average molecular weight is 480 g/mol. The number of benzene rings is 2. The maximum absolute atomic E-state index is 13.2. The van der Waals surface area contributed by atoms with E-state index in [2.05, 4.69) is 5.32 Å². The van der Waals surface area contributed by atoms with E-state index in [9.17, 15) is 14.4 Å². The fourth-order valence-corrected chi connectivity index (χ4v) is 3.44. The van der Waals surface area contributed by atoms with Gasteiger partial charge in [0.05, 0.1) is 14.2 Å². The number of nitrogens with one attached hydrogen (secondary N) is 1. The van der Waals surface area contributed by atoms with Crippen molar-refractivity contribution in [3.8, 4) is 23.0 Å². The summed E-state index contributed by atoms with van der Waals surface area (Å²) in [5.74, 6) is 0.681. The van der Waals surface area contributed by atoms with Crippen LogP contribution < -0.4 is 24.3 Å². The predicted octanol–water partition coefficient (Wildman–Crippen LogP) is 3.97. The Morgan fingerprint density at radius 2 is 1.20 bits per heavy atom. The van der Waals surface area contributed by atoms with Gasteiger partial charge in [-0.25, -0.2) is 0 Å². The normalized spacial score (nSPS) is 15.7. The van der Waals surface area contributed by atoms with Crippen molar-refractivity contribution >= 4 is 29.9 Å². The molecule has 184 valence electrons. The summed E-state index contributed by atoms with van der Waals surface area (Å²) < 4.78 is 21.3. The van der Waals surface area contributed by atoms with Gasteiger partial charge >= 0.3 is 11.9 Å². The summed E-state index contributed by atoms with van der Waals surface area (Å²) in [6, 6.07) is 10.3. The second-order valence-electron chi connectivity index (χ2n) is 7.75. The molecule has 0 radical (unpaired) electrons. The van der Waals surface area contributed by atoms with E-state index in [0.29, 0.717) is 47.2 Å². The first kappa shape index (κ1) is 25.7. The smallest absolute Gasteiger partial charge is 0.311 e. The summed E-state index contributed by atoms with van der Waals surface area (Å²) in [5, 5.41) is 3.24. The van der Waals surface area contributed by atoms with Gasteiger partial charge in [-0.15, -0.1) is 0 Å². The molecule has 0 atom stereocenters. The molecule has 8 nitrogen and oxygen atoms in total. The van der Waals surface area contributed by atoms with Gasteiger partial charge < -0.3 is 24.3 Å². The number of Topliss-reactive ketones (excluding diaryl/α,β-unsaturated/α-hetero) is 1. The largest absolute Gasteiger partial charge is 0.493 e. The summed E-state index contributed by atoms with van der Waals surface area (Å²) in [6.07, 6.45) is 4.07. The minimum Gasteiger partial charge on any atom is -0.493 e. The van der Waals surface area contributed by atoms with Crippen LogP contribution >= 0.6 is 0 Å². The van der Waals surface area contributed by atoms with Gasteiger partial charge in [-0.2, -0.15) is 0 Å². The monoisotopic (exact) mass is 479 g/mol. The maximum atomic E-state index is 13.2. The lowest BCUT2D eigenvalue weighted by Gasteiger charge is -2.18. The number of hydrogen-bond acceptors (Lipinski definition) is 8. The zero-order valence-electron chi connectivity index (χ0n) is 20.3. The Hall–Kier alpha value is -3.91. The topological polar surface area (TPSA) is 100 Å². The number of rotatable bonds is 8. The Balaban J connectivity index is 1.84. The van der Waals surface area contributed by atoms with Crippen molar-refractivity contribution in [3.63, 3.8) is 0 Å². The lowest BCUT2D eigenvalue weighted by molar-refractivity contribution is -0.135. The van der Waals surface area contributed by atoms with E-state index in [-0.39, 0.29) is 30.6 Å². The van der Waals surface area contributed by atoms with E-state index in [4.69, 9.17) is 18.9 Å². The summed E-state index contributed by atoms with van der Waals surface area (Å²) in [4.78, 5) is 36.4. The molecule has 35 heavy (non-hydrogen) atoms. The number of carbonyl (C=O) groups excluding carboxylic acids is 3. The van der Waals surface area contributed by atoms with Gasteiger partial charge in [0.25, 0.3) is 0 Å². The number of ketones is 1. The Bertz CT molecular complexity index is 1090. The van der Waals surface area contributed by atoms with Crippen molar-refractivity contribution in [2.24, 2.45) is 0 Å². The Morgan fingerprint density at radius 3 is 1.57 bits per heavy atom. The van der Waals surface area contributed by atoms with Gasteiger partial charge in [0.2, 0.25) is 0 Å². The molecule has 8 heteroatoms. The molecule has 0 aliphatic carbocycles. The van der Waals surface area contributed by atoms with Gasteiger partial charge in [-0.05, 0) is 47.5 Å². The number of esters is 2. The standard InChI is InChI=1S/C27H29NO7/c1-5-25(29)34-21-9-7-17(13-23(21)32-3)11-19-15-28-16-20(27(19)31)12-18-8-10-22(24(14-18)33-4)35-26(30)6-2/h7-14,28H,5-6,15-16H2,1-4H3/b19-11+,20-12+. The molecule has 0 unspecified atom stereocenters. The molecule has 0 amide bonds. The molecule has 0 aromatic heterocycles. The zero-order chi connectivity index (χ0) is 25.4. The first-order chi connectivity index (χ1) is 16.9. The van der Waals surface area contributed by atoms with E-state index < -0.39 is 0 Å². The van der Waals surface area contributed by atoms with Crippen LogP contribution in [0.15, 0.2) is 47.5 Å². The van der Waals surface area contributed by atoms with Crippen molar-refractivity contribution in [2.75, 3.05) is 27.3 Å². The molecule has 0 spiro atoms. The molecule has 1 saturated heterocycles. The van der Waals surface area contributed by atoms with Crippen molar-refractivity contribution in [3.05, 3.63) is 58.7 Å². The second kappa shape index (κ2) is 12.0. The molecule has 2 aromatic carbocycles.